The number of fused-ring (bicyclic) bond motifs is 1. The minimum Gasteiger partial charge on any atom is -0.267 e. The monoisotopic (exact) mass is 321 g/mol. The molecule has 2 aliphatic carbocycles. The first-order valence-electron chi connectivity index (χ1n) is 7.35. The number of rotatable bonds is 4. The Kier molecular flexibility index (Phi) is 3.45. The maximum Gasteiger partial charge on any atom is 0.280 e. The summed E-state index contributed by atoms with van der Waals surface area (Å²) >= 11 is 0. The summed E-state index contributed by atoms with van der Waals surface area (Å²) in [4.78, 5) is 20.4. The molecule has 0 aromatic carbocycles. The Labute approximate surface area is 130 Å². The van der Waals surface area contributed by atoms with E-state index in [0.29, 0.717) is 11.5 Å². The zero-order chi connectivity index (χ0) is 16.1. The summed E-state index contributed by atoms with van der Waals surface area (Å²) in [5.74, 6) is 0.104. The summed E-state index contributed by atoms with van der Waals surface area (Å²) in [6.07, 6.45) is 6.28. The lowest BCUT2D eigenvalue weighted by molar-refractivity contribution is -0.114. The van der Waals surface area contributed by atoms with Crippen LogP contribution in [0.15, 0.2) is 33.8 Å². The van der Waals surface area contributed by atoms with E-state index >= 15 is 0 Å². The molecule has 0 aromatic rings. The molecular formula is C15H19N3O3S. The summed E-state index contributed by atoms with van der Waals surface area (Å²) in [5.41, 5.74) is 0.426. The van der Waals surface area contributed by atoms with Crippen molar-refractivity contribution < 1.29 is 13.2 Å². The maximum absolute atomic E-state index is 12.4. The predicted molar refractivity (Wildman–Crippen MR) is 85.4 cm³/mol. The summed E-state index contributed by atoms with van der Waals surface area (Å²) in [5, 5.41) is -0.862. The van der Waals surface area contributed by atoms with E-state index in [1.165, 1.54) is 6.08 Å². The average molecular weight is 321 g/mol. The van der Waals surface area contributed by atoms with E-state index in [-0.39, 0.29) is 17.0 Å². The van der Waals surface area contributed by atoms with Crippen molar-refractivity contribution in [1.82, 2.24) is 4.72 Å². The van der Waals surface area contributed by atoms with Gasteiger partial charge in [0.05, 0.1) is 11.3 Å². The van der Waals surface area contributed by atoms with E-state index in [9.17, 15) is 13.2 Å². The van der Waals surface area contributed by atoms with Crippen LogP contribution in [-0.2, 0) is 14.8 Å². The summed E-state index contributed by atoms with van der Waals surface area (Å²) < 4.78 is 27.5. The van der Waals surface area contributed by atoms with Gasteiger partial charge in [0.15, 0.2) is 0 Å². The molecule has 1 atom stereocenters. The smallest absolute Gasteiger partial charge is 0.267 e. The highest BCUT2D eigenvalue weighted by molar-refractivity contribution is 7.90. The fraction of sp³-hybridized carbons (Fsp3) is 0.533. The van der Waals surface area contributed by atoms with Crippen molar-refractivity contribution in [3.63, 3.8) is 0 Å². The summed E-state index contributed by atoms with van der Waals surface area (Å²) in [6, 6.07) is 0. The number of allylic oxidation sites excluding steroid dienone is 1. The number of hydrogen-bond acceptors (Lipinski definition) is 4. The fourth-order valence-corrected chi connectivity index (χ4v) is 3.95. The third-order valence-electron chi connectivity index (χ3n) is 4.00. The molecule has 1 aliphatic heterocycles. The Balaban J connectivity index is 1.88. The molecule has 6 nitrogen and oxygen atoms in total. The highest BCUT2D eigenvalue weighted by atomic mass is 32.2. The van der Waals surface area contributed by atoms with Crippen LogP contribution in [-0.4, -0.2) is 36.7 Å². The normalized spacial score (nSPS) is 26.3. The van der Waals surface area contributed by atoms with Crippen molar-refractivity contribution in [2.75, 3.05) is 0 Å². The average Bonchev–Trinajstić information content (AvgIpc) is 3.14. The van der Waals surface area contributed by atoms with Gasteiger partial charge in [0.1, 0.15) is 11.1 Å². The third kappa shape index (κ3) is 2.83. The second-order valence-electron chi connectivity index (χ2n) is 6.54. The number of nitrogens with zero attached hydrogens (tertiary/aromatic N) is 2. The first kappa shape index (κ1) is 15.3. The highest BCUT2D eigenvalue weighted by Crippen LogP contribution is 2.36. The molecule has 1 unspecified atom stereocenters. The van der Waals surface area contributed by atoms with Gasteiger partial charge in [-0.15, -0.1) is 0 Å². The van der Waals surface area contributed by atoms with Crippen LogP contribution in [0.1, 0.15) is 33.6 Å². The van der Waals surface area contributed by atoms with Crippen LogP contribution in [0, 0.1) is 5.92 Å². The molecule has 0 bridgehead atoms. The van der Waals surface area contributed by atoms with E-state index in [4.69, 9.17) is 0 Å². The maximum atomic E-state index is 12.4. The van der Waals surface area contributed by atoms with Crippen LogP contribution in [0.5, 0.6) is 0 Å². The van der Waals surface area contributed by atoms with Gasteiger partial charge in [0.25, 0.3) is 5.91 Å². The Morgan fingerprint density at radius 2 is 2.00 bits per heavy atom. The first-order chi connectivity index (χ1) is 10.2. The fourth-order valence-electron chi connectivity index (χ4n) is 2.32. The Hall–Kier alpha value is -1.60. The van der Waals surface area contributed by atoms with Crippen LogP contribution in [0.4, 0.5) is 0 Å². The quantitative estimate of drug-likeness (QED) is 0.848. The van der Waals surface area contributed by atoms with Gasteiger partial charge in [-0.1, -0.05) is 19.9 Å². The van der Waals surface area contributed by atoms with Gasteiger partial charge in [-0.2, -0.15) is 4.99 Å². The third-order valence-corrected chi connectivity index (χ3v) is 5.78. The lowest BCUT2D eigenvalue weighted by Gasteiger charge is -2.21. The Morgan fingerprint density at radius 1 is 1.32 bits per heavy atom. The minimum atomic E-state index is -3.55. The second-order valence-corrected chi connectivity index (χ2v) is 8.38. The molecular weight excluding hydrogens is 302 g/mol. The number of aliphatic imine (C=N–C) groups is 2. The van der Waals surface area contributed by atoms with Crippen molar-refractivity contribution in [3.8, 4) is 0 Å². The molecule has 118 valence electrons. The molecule has 0 saturated heterocycles. The van der Waals surface area contributed by atoms with E-state index in [1.807, 2.05) is 20.8 Å². The van der Waals surface area contributed by atoms with Gasteiger partial charge in [-0.3, -0.25) is 4.79 Å². The van der Waals surface area contributed by atoms with Gasteiger partial charge >= 0.3 is 0 Å². The van der Waals surface area contributed by atoms with Crippen LogP contribution in [0.3, 0.4) is 0 Å². The Morgan fingerprint density at radius 3 is 2.59 bits per heavy atom. The molecule has 1 amide bonds. The molecule has 1 heterocycles. The summed E-state index contributed by atoms with van der Waals surface area (Å²) in [7, 11) is -3.55. The lowest BCUT2D eigenvalue weighted by atomic mass is 10.0. The number of amides is 1. The zero-order valence-corrected chi connectivity index (χ0v) is 13.6. The van der Waals surface area contributed by atoms with Crippen LogP contribution in [0.2, 0.25) is 0 Å². The minimum absolute atomic E-state index is 0.0457. The predicted octanol–water partition coefficient (Wildman–Crippen LogP) is 1.36. The van der Waals surface area contributed by atoms with Crippen LogP contribution >= 0.6 is 0 Å². The van der Waals surface area contributed by atoms with Crippen molar-refractivity contribution in [2.45, 2.75) is 44.4 Å². The van der Waals surface area contributed by atoms with E-state index < -0.39 is 21.2 Å². The van der Waals surface area contributed by atoms with Crippen molar-refractivity contribution in [3.05, 3.63) is 23.8 Å². The van der Waals surface area contributed by atoms with Gasteiger partial charge in [0, 0.05) is 11.5 Å². The molecule has 7 heteroatoms. The highest BCUT2D eigenvalue weighted by Gasteiger charge is 2.43. The van der Waals surface area contributed by atoms with Gasteiger partial charge in [-0.05, 0) is 31.9 Å². The van der Waals surface area contributed by atoms with E-state index in [0.717, 1.165) is 12.8 Å². The lowest BCUT2D eigenvalue weighted by Crippen LogP contribution is -2.41. The summed E-state index contributed by atoms with van der Waals surface area (Å²) in [6.45, 7) is 5.69. The van der Waals surface area contributed by atoms with Gasteiger partial charge < -0.3 is 0 Å². The first-order valence-corrected chi connectivity index (χ1v) is 8.90. The largest absolute Gasteiger partial charge is 0.280 e. The van der Waals surface area contributed by atoms with Crippen LogP contribution in [0.25, 0.3) is 0 Å². The van der Waals surface area contributed by atoms with Gasteiger partial charge in [-0.25, -0.2) is 18.1 Å². The number of hydrogen-bond donors (Lipinski definition) is 1. The standard InChI is InChI=1S/C15H19N3O3S/c1-9(2)13-16-12-5-4-10(8-11(12)14(19)17-13)22(20,21)18-15(3)6-7-15/h4-5,8-10,18H,6-7H2,1-3H3. The Bertz CT molecular complexity index is 753. The van der Waals surface area contributed by atoms with Crippen molar-refractivity contribution in [1.29, 1.82) is 0 Å². The number of carbonyl (C=O) groups excluding carboxylic acids is 1. The number of nitrogens with one attached hydrogen (secondary N) is 1. The molecule has 22 heavy (non-hydrogen) atoms. The van der Waals surface area contributed by atoms with Crippen molar-refractivity contribution in [2.24, 2.45) is 15.9 Å². The number of amidine groups is 1. The molecule has 0 spiro atoms. The molecule has 1 N–H and O–H groups in total. The van der Waals surface area contributed by atoms with Crippen molar-refractivity contribution >= 4 is 27.5 Å². The molecule has 0 radical (unpaired) electrons. The molecule has 3 aliphatic rings. The van der Waals surface area contributed by atoms with Gasteiger partial charge in [0.2, 0.25) is 10.0 Å². The molecule has 1 fully saturated rings. The molecule has 3 rings (SSSR count). The SMILES string of the molecule is CC(C)C1=NC(=O)C2=CC(S(=O)(=O)NC3(C)CC3)C=CC2=N1. The topological polar surface area (TPSA) is 88.0 Å². The second kappa shape index (κ2) is 4.96. The molecule has 1 saturated carbocycles. The van der Waals surface area contributed by atoms with E-state index in [1.54, 1.807) is 12.2 Å². The molecule has 0 aromatic heterocycles. The van der Waals surface area contributed by atoms with Crippen LogP contribution < -0.4 is 4.72 Å². The zero-order valence-electron chi connectivity index (χ0n) is 12.8. The number of carbonyl (C=O) groups is 1. The van der Waals surface area contributed by atoms with E-state index in [2.05, 4.69) is 14.7 Å². The number of sulfonamides is 1.